The molecule has 2 unspecified atom stereocenters. The van der Waals surface area contributed by atoms with E-state index in [2.05, 4.69) is 41.4 Å². The van der Waals surface area contributed by atoms with Crippen molar-refractivity contribution >= 4 is 11.6 Å². The van der Waals surface area contributed by atoms with Crippen molar-refractivity contribution in [1.82, 2.24) is 9.97 Å². The number of nitrogens with zero attached hydrogens (tertiary/aromatic N) is 2. The van der Waals surface area contributed by atoms with Gasteiger partial charge in [0.15, 0.2) is 0 Å². The Hall–Kier alpha value is -1.32. The summed E-state index contributed by atoms with van der Waals surface area (Å²) in [6.07, 6.45) is 4.93. The molecule has 0 spiro atoms. The fourth-order valence-corrected chi connectivity index (χ4v) is 2.89. The van der Waals surface area contributed by atoms with Crippen LogP contribution >= 0.6 is 0 Å². The zero-order valence-corrected chi connectivity index (χ0v) is 12.6. The Labute approximate surface area is 116 Å². The first kappa shape index (κ1) is 14.1. The zero-order valence-electron chi connectivity index (χ0n) is 12.6. The molecule has 1 aromatic rings. The molecule has 1 fully saturated rings. The second-order valence-corrected chi connectivity index (χ2v) is 5.73. The molecule has 0 bridgehead atoms. The van der Waals surface area contributed by atoms with Crippen molar-refractivity contribution in [3.05, 3.63) is 11.4 Å². The number of aromatic nitrogens is 2. The fourth-order valence-electron chi connectivity index (χ4n) is 2.89. The van der Waals surface area contributed by atoms with Gasteiger partial charge in [-0.1, -0.05) is 20.3 Å². The number of rotatable bonds is 5. The second kappa shape index (κ2) is 6.22. The molecule has 0 saturated heterocycles. The quantitative estimate of drug-likeness (QED) is 0.855. The average molecular weight is 262 g/mol. The molecule has 1 aromatic heterocycles. The highest BCUT2D eigenvalue weighted by molar-refractivity contribution is 5.57. The minimum atomic E-state index is 0.799. The molecular formula is C15H26N4. The van der Waals surface area contributed by atoms with Crippen LogP contribution in [0.2, 0.25) is 0 Å². The molecule has 2 rings (SSSR count). The molecule has 19 heavy (non-hydrogen) atoms. The van der Waals surface area contributed by atoms with Crippen LogP contribution in [0.25, 0.3) is 0 Å². The van der Waals surface area contributed by atoms with Gasteiger partial charge in [0, 0.05) is 25.6 Å². The van der Waals surface area contributed by atoms with Crippen molar-refractivity contribution in [2.75, 3.05) is 24.2 Å². The first-order valence-corrected chi connectivity index (χ1v) is 7.43. The third-order valence-electron chi connectivity index (χ3n) is 4.11. The third-order valence-corrected chi connectivity index (χ3v) is 4.11. The van der Waals surface area contributed by atoms with Crippen molar-refractivity contribution in [3.63, 3.8) is 0 Å². The fraction of sp³-hybridized carbons (Fsp3) is 0.733. The predicted molar refractivity (Wildman–Crippen MR) is 80.7 cm³/mol. The molecule has 1 aliphatic rings. The summed E-state index contributed by atoms with van der Waals surface area (Å²) in [5.41, 5.74) is 1.12. The summed E-state index contributed by atoms with van der Waals surface area (Å²) in [6.45, 7) is 7.55. The smallest absolute Gasteiger partial charge is 0.134 e. The molecule has 1 heterocycles. The molecule has 4 heteroatoms. The van der Waals surface area contributed by atoms with Gasteiger partial charge in [-0.25, -0.2) is 9.97 Å². The monoisotopic (exact) mass is 262 g/mol. The highest BCUT2D eigenvalue weighted by atomic mass is 15.1. The number of hydrogen-bond donors (Lipinski definition) is 2. The van der Waals surface area contributed by atoms with Gasteiger partial charge < -0.3 is 10.6 Å². The van der Waals surface area contributed by atoms with Gasteiger partial charge in [-0.3, -0.25) is 0 Å². The van der Waals surface area contributed by atoms with Crippen LogP contribution in [0, 0.1) is 18.8 Å². The Morgan fingerprint density at radius 3 is 2.53 bits per heavy atom. The highest BCUT2D eigenvalue weighted by Gasteiger charge is 2.21. The van der Waals surface area contributed by atoms with Crippen LogP contribution in [-0.2, 0) is 6.42 Å². The van der Waals surface area contributed by atoms with Crippen LogP contribution in [0.3, 0.4) is 0 Å². The van der Waals surface area contributed by atoms with Gasteiger partial charge in [-0.05, 0) is 31.6 Å². The summed E-state index contributed by atoms with van der Waals surface area (Å²) in [5, 5.41) is 6.69. The van der Waals surface area contributed by atoms with Crippen LogP contribution in [-0.4, -0.2) is 23.6 Å². The molecule has 1 saturated carbocycles. The Morgan fingerprint density at radius 1 is 1.21 bits per heavy atom. The first-order chi connectivity index (χ1) is 9.13. The molecule has 2 atom stereocenters. The van der Waals surface area contributed by atoms with E-state index in [1.54, 1.807) is 0 Å². The Morgan fingerprint density at radius 2 is 1.95 bits per heavy atom. The second-order valence-electron chi connectivity index (χ2n) is 5.73. The summed E-state index contributed by atoms with van der Waals surface area (Å²) >= 11 is 0. The van der Waals surface area contributed by atoms with Crippen LogP contribution < -0.4 is 10.6 Å². The lowest BCUT2D eigenvalue weighted by Crippen LogP contribution is -2.15. The number of nitrogens with one attached hydrogen (secondary N) is 2. The summed E-state index contributed by atoms with van der Waals surface area (Å²) in [6, 6.07) is 0. The lowest BCUT2D eigenvalue weighted by atomic mass is 10.1. The van der Waals surface area contributed by atoms with Crippen molar-refractivity contribution < 1.29 is 0 Å². The Balaban J connectivity index is 2.06. The van der Waals surface area contributed by atoms with E-state index in [0.29, 0.717) is 0 Å². The highest BCUT2D eigenvalue weighted by Crippen LogP contribution is 2.30. The SMILES string of the molecule is CCc1nc(NC)c(C)c(NCC2CCC(C)C2)n1. The van der Waals surface area contributed by atoms with Crippen molar-refractivity contribution in [2.24, 2.45) is 11.8 Å². The first-order valence-electron chi connectivity index (χ1n) is 7.43. The molecular weight excluding hydrogens is 236 g/mol. The molecule has 0 aliphatic heterocycles. The van der Waals surface area contributed by atoms with Crippen LogP contribution in [0.5, 0.6) is 0 Å². The van der Waals surface area contributed by atoms with E-state index in [0.717, 1.165) is 47.8 Å². The van der Waals surface area contributed by atoms with E-state index in [1.165, 1.54) is 19.3 Å². The van der Waals surface area contributed by atoms with Gasteiger partial charge in [-0.2, -0.15) is 0 Å². The Kier molecular flexibility index (Phi) is 4.61. The molecule has 0 radical (unpaired) electrons. The summed E-state index contributed by atoms with van der Waals surface area (Å²) in [4.78, 5) is 9.12. The zero-order chi connectivity index (χ0) is 13.8. The van der Waals surface area contributed by atoms with E-state index in [-0.39, 0.29) is 0 Å². The lowest BCUT2D eigenvalue weighted by molar-refractivity contribution is 0.536. The van der Waals surface area contributed by atoms with Crippen LogP contribution in [0.1, 0.15) is 44.5 Å². The van der Waals surface area contributed by atoms with Crippen molar-refractivity contribution in [1.29, 1.82) is 0 Å². The minimum absolute atomic E-state index is 0.799. The van der Waals surface area contributed by atoms with E-state index < -0.39 is 0 Å². The van der Waals surface area contributed by atoms with Gasteiger partial charge in [0.25, 0.3) is 0 Å². The van der Waals surface area contributed by atoms with Gasteiger partial charge in [-0.15, -0.1) is 0 Å². The number of anilines is 2. The molecule has 0 aromatic carbocycles. The summed E-state index contributed by atoms with van der Waals surface area (Å²) in [7, 11) is 1.91. The molecule has 0 amide bonds. The standard InChI is InChI=1S/C15H26N4/c1-5-13-18-14(16-4)11(3)15(19-13)17-9-12-7-6-10(2)8-12/h10,12H,5-9H2,1-4H3,(H2,16,17,18,19). The molecule has 2 N–H and O–H groups in total. The van der Waals surface area contributed by atoms with Gasteiger partial charge in [0.2, 0.25) is 0 Å². The topological polar surface area (TPSA) is 49.8 Å². The maximum atomic E-state index is 4.62. The van der Waals surface area contributed by atoms with E-state index in [1.807, 2.05) is 7.05 Å². The third kappa shape index (κ3) is 3.37. The normalized spacial score (nSPS) is 22.5. The molecule has 4 nitrogen and oxygen atoms in total. The number of aryl methyl sites for hydroxylation is 1. The van der Waals surface area contributed by atoms with Crippen LogP contribution in [0.4, 0.5) is 11.6 Å². The lowest BCUT2D eigenvalue weighted by Gasteiger charge is -2.16. The van der Waals surface area contributed by atoms with Crippen molar-refractivity contribution in [2.45, 2.75) is 46.5 Å². The van der Waals surface area contributed by atoms with E-state index in [4.69, 9.17) is 0 Å². The van der Waals surface area contributed by atoms with Gasteiger partial charge >= 0.3 is 0 Å². The summed E-state index contributed by atoms with van der Waals surface area (Å²) < 4.78 is 0. The molecule has 1 aliphatic carbocycles. The van der Waals surface area contributed by atoms with Crippen molar-refractivity contribution in [3.8, 4) is 0 Å². The predicted octanol–water partition coefficient (Wildman–Crippen LogP) is 3.24. The van der Waals surface area contributed by atoms with Crippen LogP contribution in [0.15, 0.2) is 0 Å². The Bertz CT molecular complexity index is 430. The number of hydrogen-bond acceptors (Lipinski definition) is 4. The molecule has 106 valence electrons. The van der Waals surface area contributed by atoms with E-state index >= 15 is 0 Å². The van der Waals surface area contributed by atoms with Gasteiger partial charge in [0.1, 0.15) is 17.5 Å². The largest absolute Gasteiger partial charge is 0.373 e. The summed E-state index contributed by atoms with van der Waals surface area (Å²) in [5.74, 6) is 4.52. The maximum Gasteiger partial charge on any atom is 0.134 e. The van der Waals surface area contributed by atoms with Gasteiger partial charge in [0.05, 0.1) is 0 Å². The minimum Gasteiger partial charge on any atom is -0.373 e. The average Bonchev–Trinajstić information content (AvgIpc) is 2.83. The maximum absolute atomic E-state index is 4.62. The van der Waals surface area contributed by atoms with E-state index in [9.17, 15) is 0 Å².